The summed E-state index contributed by atoms with van der Waals surface area (Å²) in [5, 5.41) is 15.4. The quantitative estimate of drug-likeness (QED) is 0.689. The third kappa shape index (κ3) is 5.21. The van der Waals surface area contributed by atoms with Gasteiger partial charge in [0.1, 0.15) is 0 Å². The maximum atomic E-state index is 12.2. The van der Waals surface area contributed by atoms with E-state index in [1.54, 1.807) is 11.8 Å². The predicted molar refractivity (Wildman–Crippen MR) is 92.2 cm³/mol. The molecule has 1 aliphatic carbocycles. The van der Waals surface area contributed by atoms with Crippen LogP contribution in [0.4, 0.5) is 4.79 Å². The zero-order valence-electron chi connectivity index (χ0n) is 13.3. The van der Waals surface area contributed by atoms with Gasteiger partial charge < -0.3 is 15.7 Å². The average Bonchev–Trinajstić information content (AvgIpc) is 3.33. The monoisotopic (exact) mass is 322 g/mol. The van der Waals surface area contributed by atoms with E-state index in [-0.39, 0.29) is 30.0 Å². The van der Waals surface area contributed by atoms with Gasteiger partial charge in [-0.1, -0.05) is 30.3 Å². The molecule has 22 heavy (non-hydrogen) atoms. The fourth-order valence-electron chi connectivity index (χ4n) is 2.65. The van der Waals surface area contributed by atoms with Gasteiger partial charge in [-0.05, 0) is 43.9 Å². The lowest BCUT2D eigenvalue weighted by Crippen LogP contribution is -2.50. The van der Waals surface area contributed by atoms with Gasteiger partial charge in [-0.3, -0.25) is 0 Å². The Balaban J connectivity index is 1.87. The number of hydrogen-bond acceptors (Lipinski definition) is 3. The normalized spacial score (nSPS) is 18.3. The molecule has 5 heteroatoms. The number of rotatable bonds is 8. The molecule has 0 bridgehead atoms. The molecule has 1 fully saturated rings. The maximum Gasteiger partial charge on any atom is 0.315 e. The van der Waals surface area contributed by atoms with Gasteiger partial charge in [0.25, 0.3) is 0 Å². The van der Waals surface area contributed by atoms with Crippen LogP contribution in [0.2, 0.25) is 0 Å². The number of hydrogen-bond donors (Lipinski definition) is 3. The molecular weight excluding hydrogens is 296 g/mol. The molecule has 2 amide bonds. The summed E-state index contributed by atoms with van der Waals surface area (Å²) in [6.07, 6.45) is 5.20. The van der Waals surface area contributed by atoms with E-state index in [4.69, 9.17) is 0 Å². The lowest BCUT2D eigenvalue weighted by atomic mass is 10.0. The molecule has 0 aliphatic heterocycles. The zero-order valence-corrected chi connectivity index (χ0v) is 14.1. The highest BCUT2D eigenvalue weighted by atomic mass is 32.2. The third-order valence-corrected chi connectivity index (χ3v) is 5.37. The van der Waals surface area contributed by atoms with E-state index in [2.05, 4.69) is 22.8 Å². The van der Waals surface area contributed by atoms with Crippen LogP contribution in [0, 0.1) is 5.92 Å². The number of carbonyl (C=O) groups is 1. The van der Waals surface area contributed by atoms with Crippen LogP contribution in [0.5, 0.6) is 0 Å². The summed E-state index contributed by atoms with van der Waals surface area (Å²) in [6.45, 7) is 2.00. The van der Waals surface area contributed by atoms with Crippen molar-refractivity contribution in [3.63, 3.8) is 0 Å². The summed E-state index contributed by atoms with van der Waals surface area (Å²) >= 11 is 1.57. The summed E-state index contributed by atoms with van der Waals surface area (Å²) in [5.41, 5.74) is 1.25. The molecule has 3 unspecified atom stereocenters. The van der Waals surface area contributed by atoms with Crippen molar-refractivity contribution >= 4 is 17.8 Å². The van der Waals surface area contributed by atoms with Gasteiger partial charge >= 0.3 is 6.03 Å². The Morgan fingerprint density at radius 1 is 1.32 bits per heavy atom. The summed E-state index contributed by atoms with van der Waals surface area (Å²) in [7, 11) is 0. The molecule has 122 valence electrons. The predicted octanol–water partition coefficient (Wildman–Crippen LogP) is 2.42. The minimum Gasteiger partial charge on any atom is -0.395 e. The van der Waals surface area contributed by atoms with Gasteiger partial charge in [0.15, 0.2) is 0 Å². The largest absolute Gasteiger partial charge is 0.395 e. The van der Waals surface area contributed by atoms with Gasteiger partial charge in [-0.2, -0.15) is 11.8 Å². The molecule has 1 saturated carbocycles. The first-order valence-corrected chi connectivity index (χ1v) is 9.17. The molecule has 0 saturated heterocycles. The number of nitrogens with one attached hydrogen (secondary N) is 2. The van der Waals surface area contributed by atoms with E-state index in [0.717, 1.165) is 6.42 Å². The first kappa shape index (κ1) is 17.2. The highest BCUT2D eigenvalue weighted by Gasteiger charge is 2.32. The first-order valence-electron chi connectivity index (χ1n) is 7.88. The number of urea groups is 1. The topological polar surface area (TPSA) is 61.4 Å². The molecule has 3 N–H and O–H groups in total. The van der Waals surface area contributed by atoms with Crippen molar-refractivity contribution in [3.8, 4) is 0 Å². The molecule has 0 radical (unpaired) electrons. The zero-order chi connectivity index (χ0) is 15.9. The van der Waals surface area contributed by atoms with Crippen molar-refractivity contribution < 1.29 is 9.90 Å². The summed E-state index contributed by atoms with van der Waals surface area (Å²) < 4.78 is 0. The Hall–Kier alpha value is -1.20. The number of aliphatic hydroxyl groups excluding tert-OH is 1. The highest BCUT2D eigenvalue weighted by Crippen LogP contribution is 2.34. The lowest BCUT2D eigenvalue weighted by molar-refractivity contribution is 0.227. The molecule has 2 rings (SSSR count). The SMILES string of the molecule is CSC(CO)C(C)NC(=O)NC(Cc1ccccc1)C1CC1. The molecule has 0 spiro atoms. The van der Waals surface area contributed by atoms with Crippen molar-refractivity contribution in [1.29, 1.82) is 0 Å². The van der Waals surface area contributed by atoms with Crippen molar-refractivity contribution in [2.45, 2.75) is 43.5 Å². The summed E-state index contributed by atoms with van der Waals surface area (Å²) in [6, 6.07) is 10.3. The van der Waals surface area contributed by atoms with Crippen molar-refractivity contribution in [2.24, 2.45) is 5.92 Å². The van der Waals surface area contributed by atoms with Crippen LogP contribution < -0.4 is 10.6 Å². The van der Waals surface area contributed by atoms with Crippen LogP contribution >= 0.6 is 11.8 Å². The Kier molecular flexibility index (Phi) is 6.58. The first-order chi connectivity index (χ1) is 10.6. The van der Waals surface area contributed by atoms with Crippen LogP contribution in [0.3, 0.4) is 0 Å². The van der Waals surface area contributed by atoms with Crippen LogP contribution in [0.25, 0.3) is 0 Å². The third-order valence-electron chi connectivity index (χ3n) is 4.21. The Labute approximate surface area is 137 Å². The molecule has 4 nitrogen and oxygen atoms in total. The van der Waals surface area contributed by atoms with Gasteiger partial charge in [0.05, 0.1) is 6.61 Å². The van der Waals surface area contributed by atoms with Crippen LogP contribution in [0.15, 0.2) is 30.3 Å². The number of carbonyl (C=O) groups excluding carboxylic acids is 1. The molecule has 1 aliphatic rings. The van der Waals surface area contributed by atoms with Crippen LogP contribution in [-0.2, 0) is 6.42 Å². The molecule has 3 atom stereocenters. The minimum absolute atomic E-state index is 0.0271. The van der Waals surface area contributed by atoms with E-state index < -0.39 is 0 Å². The van der Waals surface area contributed by atoms with Gasteiger partial charge in [0.2, 0.25) is 0 Å². The van der Waals surface area contributed by atoms with E-state index in [1.807, 2.05) is 31.4 Å². The van der Waals surface area contributed by atoms with Gasteiger partial charge in [-0.15, -0.1) is 0 Å². The van der Waals surface area contributed by atoms with E-state index in [0.29, 0.717) is 5.92 Å². The average molecular weight is 322 g/mol. The van der Waals surface area contributed by atoms with E-state index in [9.17, 15) is 9.90 Å². The second kappa shape index (κ2) is 8.44. The summed E-state index contributed by atoms with van der Waals surface area (Å²) in [5.74, 6) is 0.593. The van der Waals surface area contributed by atoms with Crippen molar-refractivity contribution in [2.75, 3.05) is 12.9 Å². The second-order valence-corrected chi connectivity index (χ2v) is 7.07. The van der Waals surface area contributed by atoms with E-state index >= 15 is 0 Å². The van der Waals surface area contributed by atoms with Crippen molar-refractivity contribution in [3.05, 3.63) is 35.9 Å². The van der Waals surface area contributed by atoms with Crippen LogP contribution in [-0.4, -0.2) is 41.3 Å². The lowest BCUT2D eigenvalue weighted by Gasteiger charge is -2.24. The minimum atomic E-state index is -0.132. The standard InChI is InChI=1S/C17H26N2O2S/c1-12(16(11-20)22-2)18-17(21)19-15(14-8-9-14)10-13-6-4-3-5-7-13/h3-7,12,14-16,20H,8-11H2,1-2H3,(H2,18,19,21). The smallest absolute Gasteiger partial charge is 0.315 e. The van der Waals surface area contributed by atoms with Crippen molar-refractivity contribution in [1.82, 2.24) is 10.6 Å². The van der Waals surface area contributed by atoms with Gasteiger partial charge in [0, 0.05) is 17.3 Å². The number of thioether (sulfide) groups is 1. The fourth-order valence-corrected chi connectivity index (χ4v) is 3.27. The highest BCUT2D eigenvalue weighted by molar-refractivity contribution is 7.99. The molecule has 1 aromatic carbocycles. The number of aliphatic hydroxyl groups is 1. The second-order valence-electron chi connectivity index (χ2n) is 6.00. The maximum absolute atomic E-state index is 12.2. The fraction of sp³-hybridized carbons (Fsp3) is 0.588. The Morgan fingerprint density at radius 3 is 2.55 bits per heavy atom. The molecular formula is C17H26N2O2S. The Morgan fingerprint density at radius 2 is 2.00 bits per heavy atom. The molecule has 0 heterocycles. The summed E-state index contributed by atoms with van der Waals surface area (Å²) in [4.78, 5) is 12.2. The number of benzene rings is 1. The molecule has 1 aromatic rings. The molecule has 0 aromatic heterocycles. The number of amides is 2. The van der Waals surface area contributed by atoms with Gasteiger partial charge in [-0.25, -0.2) is 4.79 Å². The van der Waals surface area contributed by atoms with Crippen LogP contribution in [0.1, 0.15) is 25.3 Å². The Bertz CT molecular complexity index is 461. The van der Waals surface area contributed by atoms with E-state index in [1.165, 1.54) is 18.4 Å².